The molecule has 1 unspecified atom stereocenters. The lowest BCUT2D eigenvalue weighted by atomic mass is 10.0. The molecule has 0 fully saturated rings. The summed E-state index contributed by atoms with van der Waals surface area (Å²) in [5.74, 6) is 0.412. The second-order valence-electron chi connectivity index (χ2n) is 5.08. The molecule has 2 N–H and O–H groups in total. The minimum absolute atomic E-state index is 0.412. The maximum absolute atomic E-state index is 10.0. The number of halogens is 1. The van der Waals surface area contributed by atoms with Crippen molar-refractivity contribution < 1.29 is 10.0 Å². The summed E-state index contributed by atoms with van der Waals surface area (Å²) in [7, 11) is 2.16. The van der Waals surface area contributed by atoms with E-state index in [2.05, 4.69) is 48.1 Å². The van der Waals surface area contributed by atoms with Gasteiger partial charge in [0.05, 0.1) is 15.7 Å². The van der Waals surface area contributed by atoms with Crippen molar-refractivity contribution in [2.75, 3.05) is 7.05 Å². The predicted molar refractivity (Wildman–Crippen MR) is 83.9 cm³/mol. The van der Waals surface area contributed by atoms with Crippen molar-refractivity contribution in [3.8, 4) is 5.75 Å². The van der Waals surface area contributed by atoms with Gasteiger partial charge in [-0.1, -0.05) is 0 Å². The average Bonchev–Trinajstić information content (AvgIpc) is 2.71. The van der Waals surface area contributed by atoms with Crippen LogP contribution in [-0.2, 0) is 13.1 Å². The zero-order valence-electron chi connectivity index (χ0n) is 11.5. The average molecular weight is 341 g/mol. The summed E-state index contributed by atoms with van der Waals surface area (Å²) in [4.78, 5) is 2.72. The van der Waals surface area contributed by atoms with Gasteiger partial charge in [0.25, 0.3) is 0 Å². The number of hydrogen-bond donors (Lipinski definition) is 2. The Kier molecular flexibility index (Phi) is 4.66. The Labute approximate surface area is 126 Å². The molecule has 1 atom stereocenters. The van der Waals surface area contributed by atoms with E-state index in [1.165, 1.54) is 19.1 Å². The van der Waals surface area contributed by atoms with Gasteiger partial charge >= 0.3 is 0 Å². The summed E-state index contributed by atoms with van der Waals surface area (Å²) in [5.41, 5.74) is 3.40. The van der Waals surface area contributed by atoms with Crippen molar-refractivity contribution in [1.29, 1.82) is 0 Å². The molecule has 0 spiro atoms. The van der Waals surface area contributed by atoms with Gasteiger partial charge in [-0.25, -0.2) is 0 Å². The van der Waals surface area contributed by atoms with Crippen LogP contribution in [0.1, 0.15) is 21.6 Å². The van der Waals surface area contributed by atoms with Crippen LogP contribution in [0.25, 0.3) is 0 Å². The van der Waals surface area contributed by atoms with E-state index in [1.807, 2.05) is 13.0 Å². The highest BCUT2D eigenvalue weighted by atomic mass is 79.9. The quantitative estimate of drug-likeness (QED) is 0.878. The number of rotatable bonds is 4. The van der Waals surface area contributed by atoms with Crippen molar-refractivity contribution in [3.63, 3.8) is 0 Å². The standard InChI is InChI=1S/C15H18BrNOS/c1-10-6-12(14(18)7-11(10)2)8-17(3)9-13-4-5-15(16)19-13/h4-7,18H,8-9H2,1-3H3/p+1. The summed E-state index contributed by atoms with van der Waals surface area (Å²) in [6, 6.07) is 8.19. The minimum atomic E-state index is 0.412. The number of aryl methyl sites for hydroxylation is 2. The van der Waals surface area contributed by atoms with Gasteiger partial charge in [0.2, 0.25) is 0 Å². The molecule has 1 aromatic heterocycles. The Morgan fingerprint density at radius 3 is 2.47 bits per heavy atom. The van der Waals surface area contributed by atoms with Gasteiger partial charge in [0, 0.05) is 5.56 Å². The first-order valence-electron chi connectivity index (χ1n) is 6.30. The monoisotopic (exact) mass is 340 g/mol. The summed E-state index contributed by atoms with van der Waals surface area (Å²) >= 11 is 5.26. The third-order valence-electron chi connectivity index (χ3n) is 3.29. The fourth-order valence-electron chi connectivity index (χ4n) is 2.13. The first kappa shape index (κ1) is 14.6. The molecule has 0 aliphatic heterocycles. The van der Waals surface area contributed by atoms with Crippen LogP contribution < -0.4 is 4.90 Å². The van der Waals surface area contributed by atoms with Crippen LogP contribution in [0.15, 0.2) is 28.1 Å². The van der Waals surface area contributed by atoms with Crippen LogP contribution in [0.2, 0.25) is 0 Å². The van der Waals surface area contributed by atoms with Crippen LogP contribution in [0.4, 0.5) is 0 Å². The third-order valence-corrected chi connectivity index (χ3v) is 4.92. The van der Waals surface area contributed by atoms with Crippen molar-refractivity contribution in [2.45, 2.75) is 26.9 Å². The van der Waals surface area contributed by atoms with E-state index in [0.717, 1.165) is 24.2 Å². The second-order valence-corrected chi connectivity index (χ2v) is 7.63. The largest absolute Gasteiger partial charge is 0.507 e. The normalized spacial score (nSPS) is 12.6. The molecule has 2 aromatic rings. The molecule has 0 amide bonds. The highest BCUT2D eigenvalue weighted by molar-refractivity contribution is 9.11. The Bertz CT molecular complexity index is 580. The number of aromatic hydroxyl groups is 1. The number of benzene rings is 1. The van der Waals surface area contributed by atoms with E-state index in [4.69, 9.17) is 0 Å². The zero-order valence-corrected chi connectivity index (χ0v) is 13.9. The first-order chi connectivity index (χ1) is 8.95. The molecule has 19 heavy (non-hydrogen) atoms. The van der Waals surface area contributed by atoms with Crippen LogP contribution in [0.5, 0.6) is 5.75 Å². The molecule has 4 heteroatoms. The summed E-state index contributed by atoms with van der Waals surface area (Å²) in [6.07, 6.45) is 0. The Morgan fingerprint density at radius 1 is 1.16 bits per heavy atom. The predicted octanol–water partition coefficient (Wildman–Crippen LogP) is 3.05. The van der Waals surface area contributed by atoms with Crippen LogP contribution in [0, 0.1) is 13.8 Å². The molecular formula is C15H19BrNOS+. The fraction of sp³-hybridized carbons (Fsp3) is 0.333. The van der Waals surface area contributed by atoms with E-state index >= 15 is 0 Å². The fourth-order valence-corrected chi connectivity index (χ4v) is 3.73. The van der Waals surface area contributed by atoms with Gasteiger partial charge in [-0.2, -0.15) is 0 Å². The van der Waals surface area contributed by atoms with Gasteiger partial charge in [-0.15, -0.1) is 11.3 Å². The first-order valence-corrected chi connectivity index (χ1v) is 7.91. The number of thiophene rings is 1. The molecule has 0 aliphatic rings. The molecule has 1 heterocycles. The van der Waals surface area contributed by atoms with Crippen molar-refractivity contribution in [1.82, 2.24) is 0 Å². The maximum atomic E-state index is 10.0. The van der Waals surface area contributed by atoms with Crippen molar-refractivity contribution in [2.24, 2.45) is 0 Å². The molecule has 102 valence electrons. The maximum Gasteiger partial charge on any atom is 0.124 e. The smallest absolute Gasteiger partial charge is 0.124 e. The van der Waals surface area contributed by atoms with Gasteiger partial charge < -0.3 is 10.0 Å². The lowest BCUT2D eigenvalue weighted by Crippen LogP contribution is -3.06. The molecule has 0 radical (unpaired) electrons. The van der Waals surface area contributed by atoms with E-state index in [-0.39, 0.29) is 0 Å². The van der Waals surface area contributed by atoms with Crippen LogP contribution in [0.3, 0.4) is 0 Å². The molecule has 2 rings (SSSR count). The van der Waals surface area contributed by atoms with Crippen molar-refractivity contribution in [3.05, 3.63) is 49.6 Å². The second kappa shape index (κ2) is 6.07. The van der Waals surface area contributed by atoms with Crippen molar-refractivity contribution >= 4 is 27.3 Å². The van der Waals surface area contributed by atoms with E-state index in [9.17, 15) is 5.11 Å². The Hall–Kier alpha value is -0.840. The number of nitrogens with one attached hydrogen (secondary N) is 1. The Balaban J connectivity index is 2.06. The van der Waals surface area contributed by atoms with Gasteiger partial charge in [0.15, 0.2) is 0 Å². The lowest BCUT2D eigenvalue weighted by molar-refractivity contribution is -0.907. The molecule has 0 saturated heterocycles. The molecule has 0 saturated carbocycles. The lowest BCUT2D eigenvalue weighted by Gasteiger charge is -2.15. The highest BCUT2D eigenvalue weighted by Crippen LogP contribution is 2.22. The molecule has 1 aromatic carbocycles. The highest BCUT2D eigenvalue weighted by Gasteiger charge is 2.11. The number of phenolic OH excluding ortho intramolecular Hbond substituents is 1. The topological polar surface area (TPSA) is 24.7 Å². The van der Waals surface area contributed by atoms with Crippen LogP contribution in [-0.4, -0.2) is 12.2 Å². The van der Waals surface area contributed by atoms with Gasteiger partial charge in [-0.05, 0) is 65.2 Å². The molecule has 2 nitrogen and oxygen atoms in total. The SMILES string of the molecule is Cc1cc(O)c(C[NH+](C)Cc2ccc(Br)s2)cc1C. The molecular weight excluding hydrogens is 322 g/mol. The van der Waals surface area contributed by atoms with Gasteiger partial charge in [0.1, 0.15) is 18.8 Å². The van der Waals surface area contributed by atoms with E-state index in [1.54, 1.807) is 11.3 Å². The summed E-state index contributed by atoms with van der Waals surface area (Å²) in [5, 5.41) is 10.0. The zero-order chi connectivity index (χ0) is 14.0. The summed E-state index contributed by atoms with van der Waals surface area (Å²) < 4.78 is 1.17. The van der Waals surface area contributed by atoms with Crippen LogP contribution >= 0.6 is 27.3 Å². The minimum Gasteiger partial charge on any atom is -0.507 e. The van der Waals surface area contributed by atoms with Gasteiger partial charge in [-0.3, -0.25) is 0 Å². The van der Waals surface area contributed by atoms with E-state index in [0.29, 0.717) is 5.75 Å². The van der Waals surface area contributed by atoms with E-state index < -0.39 is 0 Å². The summed E-state index contributed by atoms with van der Waals surface area (Å²) in [6.45, 7) is 5.92. The number of phenols is 1. The molecule has 0 aliphatic carbocycles. The number of quaternary nitrogens is 1. The molecule has 0 bridgehead atoms. The number of hydrogen-bond acceptors (Lipinski definition) is 2. The third kappa shape index (κ3) is 3.81. The Morgan fingerprint density at radius 2 is 1.84 bits per heavy atom.